The van der Waals surface area contributed by atoms with Crippen LogP contribution in [0.25, 0.3) is 0 Å². The van der Waals surface area contributed by atoms with Crippen molar-refractivity contribution < 1.29 is 22.7 Å². The summed E-state index contributed by atoms with van der Waals surface area (Å²) in [5.41, 5.74) is 5.46. The molecule has 4 N–H and O–H groups in total. The molecule has 1 aromatic carbocycles. The zero-order chi connectivity index (χ0) is 19.9. The molecule has 1 aliphatic heterocycles. The number of hydrogen-bond acceptors (Lipinski definition) is 6. The fraction of sp³-hybridized carbons (Fsp3) is 0.500. The molecule has 0 saturated carbocycles. The zero-order valence-corrected chi connectivity index (χ0v) is 16.6. The Morgan fingerprint density at radius 3 is 2.67 bits per heavy atom. The molecule has 0 bridgehead atoms. The number of benzene rings is 1. The first-order valence-electron chi connectivity index (χ1n) is 8.38. The average molecular weight is 417 g/mol. The summed E-state index contributed by atoms with van der Waals surface area (Å²) in [5, 5.41) is 5.05. The number of thioether (sulfide) groups is 1. The van der Waals surface area contributed by atoms with Crippen molar-refractivity contribution in [3.63, 3.8) is 0 Å². The Hall–Kier alpha value is -1.82. The summed E-state index contributed by atoms with van der Waals surface area (Å²) >= 11 is 1.54. The molecule has 9 nitrogen and oxygen atoms in total. The van der Waals surface area contributed by atoms with Gasteiger partial charge in [0.25, 0.3) is 0 Å². The van der Waals surface area contributed by atoms with E-state index in [4.69, 9.17) is 10.5 Å². The lowest BCUT2D eigenvalue weighted by Crippen LogP contribution is -2.46. The maximum atomic E-state index is 12.7. The van der Waals surface area contributed by atoms with Gasteiger partial charge in [-0.15, -0.1) is 0 Å². The first-order chi connectivity index (χ1) is 12.8. The molecule has 0 aliphatic carbocycles. The number of rotatable bonds is 8. The highest BCUT2D eigenvalue weighted by molar-refractivity contribution is 7.98. The quantitative estimate of drug-likeness (QED) is 0.563. The summed E-state index contributed by atoms with van der Waals surface area (Å²) in [7, 11) is -3.66. The summed E-state index contributed by atoms with van der Waals surface area (Å²) in [6.07, 6.45) is 2.29. The van der Waals surface area contributed by atoms with Gasteiger partial charge in [0, 0.05) is 18.8 Å². The van der Waals surface area contributed by atoms with Gasteiger partial charge in [-0.1, -0.05) is 6.07 Å². The van der Waals surface area contributed by atoms with E-state index in [0.29, 0.717) is 31.1 Å². The van der Waals surface area contributed by atoms with Crippen molar-refractivity contribution >= 4 is 39.4 Å². The van der Waals surface area contributed by atoms with Gasteiger partial charge in [0.2, 0.25) is 15.9 Å². The number of nitrogens with two attached hydrogens (primary N) is 1. The maximum Gasteiger partial charge on any atom is 0.312 e. The standard InChI is InChI=1S/C16H24N4O5S2/c1-26-10-5-14(19-16(17)22)15(21)18-12-3-2-4-13(11-12)27(23,24)20-6-8-25-9-7-20/h2-4,11,14H,5-10H2,1H3,(H,18,21)(H3,17,19,22)/t14-/m1/s1. The molecule has 0 aromatic heterocycles. The summed E-state index contributed by atoms with van der Waals surface area (Å²) in [5.74, 6) is 0.202. The van der Waals surface area contributed by atoms with Crippen molar-refractivity contribution in [2.75, 3.05) is 43.6 Å². The van der Waals surface area contributed by atoms with Gasteiger partial charge in [-0.05, 0) is 36.6 Å². The highest BCUT2D eigenvalue weighted by Crippen LogP contribution is 2.21. The van der Waals surface area contributed by atoms with E-state index in [1.807, 2.05) is 6.26 Å². The van der Waals surface area contributed by atoms with E-state index >= 15 is 0 Å². The van der Waals surface area contributed by atoms with Gasteiger partial charge in [0.15, 0.2) is 0 Å². The number of primary amides is 1. The molecule has 3 amide bonds. The number of carbonyl (C=O) groups excluding carboxylic acids is 2. The highest BCUT2D eigenvalue weighted by Gasteiger charge is 2.27. The molecule has 1 aliphatic rings. The monoisotopic (exact) mass is 416 g/mol. The Morgan fingerprint density at radius 2 is 2.04 bits per heavy atom. The van der Waals surface area contributed by atoms with Crippen LogP contribution in [0.5, 0.6) is 0 Å². The Morgan fingerprint density at radius 1 is 1.33 bits per heavy atom. The van der Waals surface area contributed by atoms with Crippen LogP contribution < -0.4 is 16.4 Å². The third kappa shape index (κ3) is 6.09. The number of carbonyl (C=O) groups is 2. The molecular weight excluding hydrogens is 392 g/mol. The summed E-state index contributed by atoms with van der Waals surface area (Å²) in [6.45, 7) is 1.29. The Bertz CT molecular complexity index is 766. The Kier molecular flexibility index (Phi) is 7.90. The van der Waals surface area contributed by atoms with Crippen LogP contribution in [0.2, 0.25) is 0 Å². The largest absolute Gasteiger partial charge is 0.379 e. The average Bonchev–Trinajstić information content (AvgIpc) is 2.65. The summed E-state index contributed by atoms with van der Waals surface area (Å²) in [6, 6.07) is 4.44. The number of sulfonamides is 1. The van der Waals surface area contributed by atoms with Crippen molar-refractivity contribution in [3.8, 4) is 0 Å². The van der Waals surface area contributed by atoms with Crippen molar-refractivity contribution in [1.82, 2.24) is 9.62 Å². The van der Waals surface area contributed by atoms with Crippen molar-refractivity contribution in [3.05, 3.63) is 24.3 Å². The number of ether oxygens (including phenoxy) is 1. The first-order valence-corrected chi connectivity index (χ1v) is 11.2. The molecule has 0 radical (unpaired) electrons. The first kappa shape index (κ1) is 21.5. The molecule has 1 atom stereocenters. The van der Waals surface area contributed by atoms with Crippen molar-refractivity contribution in [2.24, 2.45) is 5.73 Å². The van der Waals surface area contributed by atoms with Gasteiger partial charge in [0.05, 0.1) is 18.1 Å². The Balaban J connectivity index is 2.13. The van der Waals surface area contributed by atoms with Crippen LogP contribution in [-0.4, -0.2) is 69.0 Å². The van der Waals surface area contributed by atoms with Crippen LogP contribution in [0.15, 0.2) is 29.2 Å². The lowest BCUT2D eigenvalue weighted by molar-refractivity contribution is -0.117. The fourth-order valence-corrected chi connectivity index (χ4v) is 4.50. The minimum Gasteiger partial charge on any atom is -0.379 e. The number of anilines is 1. The van der Waals surface area contributed by atoms with Crippen LogP contribution in [0, 0.1) is 0 Å². The van der Waals surface area contributed by atoms with E-state index in [2.05, 4.69) is 10.6 Å². The molecule has 1 saturated heterocycles. The SMILES string of the molecule is CSCC[C@@H](NC(N)=O)C(=O)Nc1cccc(S(=O)(=O)N2CCOCC2)c1. The van der Waals surface area contributed by atoms with E-state index in [1.54, 1.807) is 12.1 Å². The van der Waals surface area contributed by atoms with Gasteiger partial charge in [0.1, 0.15) is 6.04 Å². The van der Waals surface area contributed by atoms with Gasteiger partial charge in [-0.2, -0.15) is 16.1 Å². The number of morpholine rings is 1. The molecule has 1 fully saturated rings. The lowest BCUT2D eigenvalue weighted by atomic mass is 10.2. The fourth-order valence-electron chi connectivity index (χ4n) is 2.58. The minimum absolute atomic E-state index is 0.0886. The number of nitrogens with one attached hydrogen (secondary N) is 2. The third-order valence-electron chi connectivity index (χ3n) is 3.95. The lowest BCUT2D eigenvalue weighted by Gasteiger charge is -2.26. The van der Waals surface area contributed by atoms with Gasteiger partial charge < -0.3 is 21.1 Å². The van der Waals surface area contributed by atoms with Crippen LogP contribution in [0.1, 0.15) is 6.42 Å². The summed E-state index contributed by atoms with van der Waals surface area (Å²) in [4.78, 5) is 23.7. The van der Waals surface area contributed by atoms with Crippen LogP contribution in [-0.2, 0) is 19.6 Å². The molecule has 27 heavy (non-hydrogen) atoms. The van der Waals surface area contributed by atoms with E-state index in [-0.39, 0.29) is 18.0 Å². The molecule has 2 rings (SSSR count). The van der Waals surface area contributed by atoms with Gasteiger partial charge >= 0.3 is 6.03 Å². The van der Waals surface area contributed by atoms with E-state index in [1.165, 1.54) is 28.2 Å². The minimum atomic E-state index is -3.66. The molecule has 11 heteroatoms. The second-order valence-electron chi connectivity index (χ2n) is 5.88. The van der Waals surface area contributed by atoms with E-state index < -0.39 is 28.0 Å². The summed E-state index contributed by atoms with van der Waals surface area (Å²) < 4.78 is 32.0. The van der Waals surface area contributed by atoms with Gasteiger partial charge in [-0.3, -0.25) is 4.79 Å². The maximum absolute atomic E-state index is 12.7. The number of hydrogen-bond donors (Lipinski definition) is 3. The van der Waals surface area contributed by atoms with Crippen LogP contribution in [0.4, 0.5) is 10.5 Å². The number of amides is 3. The molecule has 150 valence electrons. The van der Waals surface area contributed by atoms with Crippen LogP contribution >= 0.6 is 11.8 Å². The Labute approximate surface area is 163 Å². The zero-order valence-electron chi connectivity index (χ0n) is 15.0. The molecule has 1 heterocycles. The topological polar surface area (TPSA) is 131 Å². The number of urea groups is 1. The second kappa shape index (κ2) is 9.93. The molecule has 1 aromatic rings. The molecule has 0 unspecified atom stereocenters. The predicted molar refractivity (Wildman–Crippen MR) is 104 cm³/mol. The van der Waals surface area contributed by atoms with Gasteiger partial charge in [-0.25, -0.2) is 13.2 Å². The van der Waals surface area contributed by atoms with Crippen molar-refractivity contribution in [2.45, 2.75) is 17.4 Å². The second-order valence-corrected chi connectivity index (χ2v) is 8.80. The van der Waals surface area contributed by atoms with E-state index in [9.17, 15) is 18.0 Å². The number of nitrogens with zero attached hydrogens (tertiary/aromatic N) is 1. The molecular formula is C16H24N4O5S2. The highest BCUT2D eigenvalue weighted by atomic mass is 32.2. The van der Waals surface area contributed by atoms with E-state index in [0.717, 1.165) is 0 Å². The molecule has 0 spiro atoms. The smallest absolute Gasteiger partial charge is 0.312 e. The third-order valence-corrected chi connectivity index (χ3v) is 6.49. The van der Waals surface area contributed by atoms with Crippen molar-refractivity contribution in [1.29, 1.82) is 0 Å². The normalized spacial score (nSPS) is 16.5. The van der Waals surface area contributed by atoms with Crippen LogP contribution in [0.3, 0.4) is 0 Å². The predicted octanol–water partition coefficient (Wildman–Crippen LogP) is 0.436.